The van der Waals surface area contributed by atoms with Crippen molar-refractivity contribution in [1.29, 1.82) is 0 Å². The van der Waals surface area contributed by atoms with Gasteiger partial charge in [-0.2, -0.15) is 8.78 Å². The Bertz CT molecular complexity index is 1230. The summed E-state index contributed by atoms with van der Waals surface area (Å²) in [6.45, 7) is 4.22. The molecule has 3 amide bonds. The number of benzene rings is 2. The summed E-state index contributed by atoms with van der Waals surface area (Å²) in [5.41, 5.74) is -0.713. The average Bonchev–Trinajstić information content (AvgIpc) is 2.79. The van der Waals surface area contributed by atoms with Gasteiger partial charge in [0, 0.05) is 29.9 Å². The van der Waals surface area contributed by atoms with Crippen molar-refractivity contribution in [3.8, 4) is 0 Å². The molecule has 1 aliphatic heterocycles. The fourth-order valence-corrected chi connectivity index (χ4v) is 3.64. The second-order valence-electron chi connectivity index (χ2n) is 9.73. The fourth-order valence-electron chi connectivity index (χ4n) is 3.64. The number of rotatable bonds is 8. The predicted molar refractivity (Wildman–Crippen MR) is 129 cm³/mol. The van der Waals surface area contributed by atoms with Crippen LogP contribution in [0.1, 0.15) is 36.7 Å². The summed E-state index contributed by atoms with van der Waals surface area (Å²) in [6, 6.07) is 8.52. The molecule has 1 heterocycles. The van der Waals surface area contributed by atoms with E-state index in [4.69, 9.17) is 4.74 Å². The topological polar surface area (TPSA) is 96.0 Å². The van der Waals surface area contributed by atoms with Crippen LogP contribution in [-0.2, 0) is 20.9 Å². The molecule has 3 rings (SSSR count). The van der Waals surface area contributed by atoms with Crippen LogP contribution < -0.4 is 10.2 Å². The molecule has 0 bridgehead atoms. The van der Waals surface area contributed by atoms with Crippen molar-refractivity contribution in [1.82, 2.24) is 10.2 Å². The largest absolute Gasteiger partial charge is 0.444 e. The fraction of sp³-hybridized carbons (Fsp3) is 0.385. The van der Waals surface area contributed by atoms with Gasteiger partial charge in [-0.05, 0) is 45.0 Å². The monoisotopic (exact) mass is 537 g/mol. The molecule has 0 saturated carbocycles. The highest BCUT2D eigenvalue weighted by Crippen LogP contribution is 2.27. The molecule has 0 unspecified atom stereocenters. The number of ketones is 1. The molecular weight excluding hydrogens is 510 g/mol. The number of hydrogen-bond acceptors (Lipinski definition) is 5. The Hall–Kier alpha value is -3.96. The van der Waals surface area contributed by atoms with Crippen molar-refractivity contribution >= 4 is 29.4 Å². The third kappa shape index (κ3) is 7.30. The Kier molecular flexibility index (Phi) is 8.74. The maximum absolute atomic E-state index is 14.9. The lowest BCUT2D eigenvalue weighted by Gasteiger charge is -2.41. The van der Waals surface area contributed by atoms with Crippen LogP contribution in [0.4, 0.5) is 28.0 Å². The van der Waals surface area contributed by atoms with E-state index in [0.29, 0.717) is 0 Å². The van der Waals surface area contributed by atoms with E-state index < -0.39 is 59.8 Å². The summed E-state index contributed by atoms with van der Waals surface area (Å²) in [5.74, 6) is -5.00. The molecule has 2 aromatic rings. The minimum Gasteiger partial charge on any atom is -0.444 e. The third-order valence-corrected chi connectivity index (χ3v) is 5.59. The molecule has 2 aromatic carbocycles. The first-order valence-corrected chi connectivity index (χ1v) is 11.7. The Morgan fingerprint density at radius 1 is 1.08 bits per heavy atom. The number of hydrogen-bond donors (Lipinski definition) is 1. The van der Waals surface area contributed by atoms with Gasteiger partial charge in [-0.15, -0.1) is 0 Å². The normalized spacial score (nSPS) is 13.6. The van der Waals surface area contributed by atoms with Gasteiger partial charge in [-0.3, -0.25) is 14.4 Å². The van der Waals surface area contributed by atoms with E-state index in [0.717, 1.165) is 12.1 Å². The number of carbonyl (C=O) groups excluding carboxylic acids is 4. The zero-order valence-electron chi connectivity index (χ0n) is 21.0. The van der Waals surface area contributed by atoms with Crippen molar-refractivity contribution in [2.45, 2.75) is 39.3 Å². The quantitative estimate of drug-likeness (QED) is 0.407. The molecule has 1 aliphatic rings. The first-order valence-electron chi connectivity index (χ1n) is 11.7. The molecule has 1 N–H and O–H groups in total. The van der Waals surface area contributed by atoms with Gasteiger partial charge in [0.05, 0.1) is 19.0 Å². The SMILES string of the molecule is CC(C)(C)OC(=O)N1CC(C(=O)N(Cc2ccc(C(=O)CNC(=O)C(F)F)cc2F)c2cccc(F)c2)C1. The minimum atomic E-state index is -3.29. The van der Waals surface area contributed by atoms with Crippen molar-refractivity contribution in [3.63, 3.8) is 0 Å². The molecular formula is C26H27F4N3O5. The van der Waals surface area contributed by atoms with Gasteiger partial charge in [0.2, 0.25) is 5.91 Å². The molecule has 1 saturated heterocycles. The van der Waals surface area contributed by atoms with Gasteiger partial charge in [-0.25, -0.2) is 13.6 Å². The number of carbonyl (C=O) groups is 4. The Balaban J connectivity index is 1.75. The lowest BCUT2D eigenvalue weighted by Crippen LogP contribution is -2.57. The van der Waals surface area contributed by atoms with E-state index in [9.17, 15) is 36.7 Å². The Labute approximate surface area is 216 Å². The molecule has 12 heteroatoms. The minimum absolute atomic E-state index is 0.000834. The first kappa shape index (κ1) is 28.6. The number of likely N-dealkylation sites (tertiary alicyclic amines) is 1. The maximum atomic E-state index is 14.9. The van der Waals surface area contributed by atoms with Gasteiger partial charge < -0.3 is 19.9 Å². The maximum Gasteiger partial charge on any atom is 0.410 e. The van der Waals surface area contributed by atoms with Gasteiger partial charge >= 0.3 is 12.5 Å². The van der Waals surface area contributed by atoms with E-state index in [1.165, 1.54) is 40.1 Å². The molecule has 38 heavy (non-hydrogen) atoms. The van der Waals surface area contributed by atoms with E-state index in [1.807, 2.05) is 0 Å². The third-order valence-electron chi connectivity index (χ3n) is 5.59. The van der Waals surface area contributed by atoms with E-state index in [1.54, 1.807) is 26.1 Å². The summed E-state index contributed by atoms with van der Waals surface area (Å²) in [6.07, 6.45) is -3.87. The number of amides is 3. The van der Waals surface area contributed by atoms with E-state index >= 15 is 0 Å². The second-order valence-corrected chi connectivity index (χ2v) is 9.73. The van der Waals surface area contributed by atoms with Crippen LogP contribution in [0.2, 0.25) is 0 Å². The number of anilines is 1. The van der Waals surface area contributed by atoms with Crippen LogP contribution in [0, 0.1) is 17.6 Å². The molecule has 8 nitrogen and oxygen atoms in total. The summed E-state index contributed by atoms with van der Waals surface area (Å²) in [4.78, 5) is 51.2. The van der Waals surface area contributed by atoms with Gasteiger partial charge in [-0.1, -0.05) is 18.2 Å². The number of nitrogens with zero attached hydrogens (tertiary/aromatic N) is 2. The highest BCUT2D eigenvalue weighted by atomic mass is 19.3. The van der Waals surface area contributed by atoms with E-state index in [2.05, 4.69) is 0 Å². The van der Waals surface area contributed by atoms with Crippen molar-refractivity contribution in [3.05, 3.63) is 65.2 Å². The summed E-state index contributed by atoms with van der Waals surface area (Å²) < 4.78 is 58.8. The van der Waals surface area contributed by atoms with Crippen LogP contribution in [0.15, 0.2) is 42.5 Å². The smallest absolute Gasteiger partial charge is 0.410 e. The highest BCUT2D eigenvalue weighted by molar-refractivity contribution is 6.00. The van der Waals surface area contributed by atoms with Crippen molar-refractivity contribution in [2.75, 3.05) is 24.5 Å². The van der Waals surface area contributed by atoms with Gasteiger partial charge in [0.25, 0.3) is 5.91 Å². The van der Waals surface area contributed by atoms with Crippen LogP contribution in [-0.4, -0.2) is 60.3 Å². The van der Waals surface area contributed by atoms with Crippen LogP contribution >= 0.6 is 0 Å². The van der Waals surface area contributed by atoms with Crippen molar-refractivity contribution < 1.29 is 41.5 Å². The highest BCUT2D eigenvalue weighted by Gasteiger charge is 2.40. The van der Waals surface area contributed by atoms with Gasteiger partial charge in [0.15, 0.2) is 5.78 Å². The number of halogens is 4. The summed E-state index contributed by atoms with van der Waals surface area (Å²) >= 11 is 0. The Morgan fingerprint density at radius 3 is 2.34 bits per heavy atom. The molecule has 0 spiro atoms. The summed E-state index contributed by atoms with van der Waals surface area (Å²) in [5, 5.41) is 1.75. The number of nitrogens with one attached hydrogen (secondary N) is 1. The number of alkyl halides is 2. The lowest BCUT2D eigenvalue weighted by atomic mass is 9.98. The lowest BCUT2D eigenvalue weighted by molar-refractivity contribution is -0.131. The zero-order chi connectivity index (χ0) is 28.2. The molecule has 204 valence electrons. The first-order chi connectivity index (χ1) is 17.7. The second kappa shape index (κ2) is 11.6. The molecule has 0 atom stereocenters. The predicted octanol–water partition coefficient (Wildman–Crippen LogP) is 3.93. The van der Waals surface area contributed by atoms with Crippen LogP contribution in [0.25, 0.3) is 0 Å². The Morgan fingerprint density at radius 2 is 1.76 bits per heavy atom. The standard InChI is InChI=1S/C26H27F4N3O5/c1-26(2,3)38-25(37)32-12-17(13-32)24(36)33(19-6-4-5-18(27)10-19)14-16-8-7-15(9-20(16)28)21(34)11-31-23(35)22(29)30/h4-10,17,22H,11-14H2,1-3H3,(H,31,35). The van der Waals surface area contributed by atoms with E-state index in [-0.39, 0.29) is 36.4 Å². The van der Waals surface area contributed by atoms with Crippen molar-refractivity contribution in [2.24, 2.45) is 5.92 Å². The molecule has 0 radical (unpaired) electrons. The zero-order valence-corrected chi connectivity index (χ0v) is 21.0. The number of Topliss-reactive ketones (excluding diaryl/α,β-unsaturated/α-hetero) is 1. The van der Waals surface area contributed by atoms with Gasteiger partial charge in [0.1, 0.15) is 17.2 Å². The van der Waals surface area contributed by atoms with Crippen LogP contribution in [0.3, 0.4) is 0 Å². The number of ether oxygens (including phenoxy) is 1. The summed E-state index contributed by atoms with van der Waals surface area (Å²) in [7, 11) is 0. The molecule has 0 aromatic heterocycles. The van der Waals surface area contributed by atoms with Crippen LogP contribution in [0.5, 0.6) is 0 Å². The molecule has 1 fully saturated rings. The average molecular weight is 538 g/mol. The molecule has 0 aliphatic carbocycles.